The smallest absolute Gasteiger partial charge is 0.135 e. The van der Waals surface area contributed by atoms with E-state index in [2.05, 4.69) is 144 Å². The zero-order chi connectivity index (χ0) is 32.7. The maximum Gasteiger partial charge on any atom is 0.135 e. The molecule has 0 N–H and O–H groups in total. The van der Waals surface area contributed by atoms with Crippen LogP contribution >= 0.6 is 0 Å². The van der Waals surface area contributed by atoms with Crippen LogP contribution in [0, 0.1) is 5.82 Å². The number of rotatable bonds is 6. The molecule has 0 unspecified atom stereocenters. The molecule has 232 valence electrons. The molecule has 8 aromatic rings. The summed E-state index contributed by atoms with van der Waals surface area (Å²) < 4.78 is 20.0. The molecule has 0 atom stereocenters. The van der Waals surface area contributed by atoms with Crippen LogP contribution in [0.25, 0.3) is 55.3 Å². The number of halogens is 1. The minimum atomic E-state index is -0.236. The van der Waals surface area contributed by atoms with Crippen molar-refractivity contribution in [2.75, 3.05) is 4.90 Å². The molecule has 0 saturated carbocycles. The second kappa shape index (κ2) is 12.0. The molecule has 0 radical (unpaired) electrons. The van der Waals surface area contributed by atoms with Gasteiger partial charge in [-0.15, -0.1) is 0 Å². The van der Waals surface area contributed by atoms with Crippen LogP contribution in [0.1, 0.15) is 0 Å². The van der Waals surface area contributed by atoms with E-state index in [4.69, 9.17) is 4.74 Å². The van der Waals surface area contributed by atoms with Crippen molar-refractivity contribution in [1.82, 2.24) is 0 Å². The average Bonchev–Trinajstić information content (AvgIpc) is 3.16. The van der Waals surface area contributed by atoms with Gasteiger partial charge in [-0.2, -0.15) is 0 Å². The van der Waals surface area contributed by atoms with E-state index in [9.17, 15) is 4.39 Å². The van der Waals surface area contributed by atoms with Gasteiger partial charge < -0.3 is 9.64 Å². The normalized spacial score (nSPS) is 11.5. The molecule has 2 nitrogen and oxygen atoms in total. The third kappa shape index (κ3) is 5.32. The van der Waals surface area contributed by atoms with Gasteiger partial charge in [0.2, 0.25) is 0 Å². The first-order valence-electron chi connectivity index (χ1n) is 16.4. The van der Waals surface area contributed by atoms with E-state index in [1.165, 1.54) is 34.2 Å². The quantitative estimate of drug-likeness (QED) is 0.181. The fourth-order valence-electron chi connectivity index (χ4n) is 6.87. The van der Waals surface area contributed by atoms with Crippen LogP contribution in [-0.4, -0.2) is 0 Å². The number of fused-ring (bicyclic) bond motifs is 2. The Labute approximate surface area is 284 Å². The predicted octanol–water partition coefficient (Wildman–Crippen LogP) is 13.2. The summed E-state index contributed by atoms with van der Waals surface area (Å²) in [6, 6.07) is 62.0. The van der Waals surface area contributed by atoms with Gasteiger partial charge in [0.15, 0.2) is 0 Å². The highest BCUT2D eigenvalue weighted by atomic mass is 19.1. The summed E-state index contributed by atoms with van der Waals surface area (Å²) in [4.78, 5) is 2.26. The summed E-state index contributed by atoms with van der Waals surface area (Å²) in [5.41, 5.74) is 12.0. The van der Waals surface area contributed by atoms with Gasteiger partial charge in [0, 0.05) is 28.0 Å². The molecule has 0 amide bonds. The molecule has 8 aromatic carbocycles. The molecule has 3 heteroatoms. The summed E-state index contributed by atoms with van der Waals surface area (Å²) in [5, 5.41) is 2.35. The molecule has 0 fully saturated rings. The van der Waals surface area contributed by atoms with E-state index in [-0.39, 0.29) is 5.82 Å². The topological polar surface area (TPSA) is 12.5 Å². The number of anilines is 3. The van der Waals surface area contributed by atoms with Crippen LogP contribution in [0.4, 0.5) is 21.5 Å². The summed E-state index contributed by atoms with van der Waals surface area (Å²) in [6.45, 7) is 0. The SMILES string of the molecule is Fc1ccc(-c2ccc(N(c3ccc(-c4ccccc4)cc3)c3ccc(-c4ccc5c(c4)Oc4cccc6cccc-5c46)cc3)cc2)cc1. The van der Waals surface area contributed by atoms with Crippen molar-refractivity contribution in [2.24, 2.45) is 0 Å². The molecule has 49 heavy (non-hydrogen) atoms. The van der Waals surface area contributed by atoms with Crippen LogP contribution in [0.2, 0.25) is 0 Å². The van der Waals surface area contributed by atoms with Gasteiger partial charge in [-0.3, -0.25) is 0 Å². The van der Waals surface area contributed by atoms with Crippen LogP contribution in [0.15, 0.2) is 182 Å². The number of nitrogens with zero attached hydrogens (tertiary/aromatic N) is 1. The maximum absolute atomic E-state index is 13.6. The maximum atomic E-state index is 13.6. The zero-order valence-corrected chi connectivity index (χ0v) is 26.6. The van der Waals surface area contributed by atoms with E-state index in [1.807, 2.05) is 30.3 Å². The van der Waals surface area contributed by atoms with Crippen LogP contribution in [-0.2, 0) is 0 Å². The Hall–Kier alpha value is -6.45. The molecular formula is C46H30FNO. The van der Waals surface area contributed by atoms with Gasteiger partial charge in [-0.05, 0) is 111 Å². The number of hydrogen-bond acceptors (Lipinski definition) is 2. The first-order chi connectivity index (χ1) is 24.2. The highest BCUT2D eigenvalue weighted by molar-refractivity contribution is 6.04. The zero-order valence-electron chi connectivity index (χ0n) is 26.6. The minimum Gasteiger partial charge on any atom is -0.456 e. The monoisotopic (exact) mass is 631 g/mol. The lowest BCUT2D eigenvalue weighted by Gasteiger charge is -2.26. The van der Waals surface area contributed by atoms with Crippen molar-refractivity contribution in [3.8, 4) is 56.0 Å². The summed E-state index contributed by atoms with van der Waals surface area (Å²) in [5.74, 6) is 1.53. The summed E-state index contributed by atoms with van der Waals surface area (Å²) in [7, 11) is 0. The molecule has 0 aliphatic carbocycles. The van der Waals surface area contributed by atoms with E-state index in [1.54, 1.807) is 0 Å². The molecule has 9 rings (SSSR count). The van der Waals surface area contributed by atoms with Crippen LogP contribution < -0.4 is 9.64 Å². The van der Waals surface area contributed by atoms with Crippen molar-refractivity contribution in [3.05, 3.63) is 188 Å². The Morgan fingerprint density at radius 2 is 0.857 bits per heavy atom. The Kier molecular flexibility index (Phi) is 7.02. The number of ether oxygens (including phenoxy) is 1. The Bertz CT molecular complexity index is 2430. The minimum absolute atomic E-state index is 0.236. The second-order valence-corrected chi connectivity index (χ2v) is 12.3. The molecule has 0 bridgehead atoms. The number of benzene rings is 8. The van der Waals surface area contributed by atoms with Crippen molar-refractivity contribution < 1.29 is 9.13 Å². The van der Waals surface area contributed by atoms with Crippen molar-refractivity contribution >= 4 is 27.8 Å². The van der Waals surface area contributed by atoms with Gasteiger partial charge in [0.1, 0.15) is 17.3 Å². The van der Waals surface area contributed by atoms with Gasteiger partial charge in [-0.25, -0.2) is 4.39 Å². The Morgan fingerprint density at radius 1 is 0.367 bits per heavy atom. The fourth-order valence-corrected chi connectivity index (χ4v) is 6.87. The van der Waals surface area contributed by atoms with Gasteiger partial charge in [0.25, 0.3) is 0 Å². The first-order valence-corrected chi connectivity index (χ1v) is 16.4. The van der Waals surface area contributed by atoms with E-state index in [0.717, 1.165) is 61.8 Å². The van der Waals surface area contributed by atoms with Crippen molar-refractivity contribution in [2.45, 2.75) is 0 Å². The fraction of sp³-hybridized carbons (Fsp3) is 0. The largest absolute Gasteiger partial charge is 0.456 e. The highest BCUT2D eigenvalue weighted by Crippen LogP contribution is 2.47. The van der Waals surface area contributed by atoms with Gasteiger partial charge in [-0.1, -0.05) is 115 Å². The van der Waals surface area contributed by atoms with Gasteiger partial charge in [0.05, 0.1) is 0 Å². The van der Waals surface area contributed by atoms with Gasteiger partial charge >= 0.3 is 0 Å². The third-order valence-electron chi connectivity index (χ3n) is 9.35. The third-order valence-corrected chi connectivity index (χ3v) is 9.35. The molecule has 1 aliphatic heterocycles. The number of hydrogen-bond donors (Lipinski definition) is 0. The lowest BCUT2D eigenvalue weighted by atomic mass is 9.93. The lowest BCUT2D eigenvalue weighted by molar-refractivity contribution is 0.487. The lowest BCUT2D eigenvalue weighted by Crippen LogP contribution is -2.09. The average molecular weight is 632 g/mol. The van der Waals surface area contributed by atoms with Crippen LogP contribution in [0.3, 0.4) is 0 Å². The van der Waals surface area contributed by atoms with E-state index >= 15 is 0 Å². The van der Waals surface area contributed by atoms with Crippen LogP contribution in [0.5, 0.6) is 11.5 Å². The van der Waals surface area contributed by atoms with Crippen molar-refractivity contribution in [1.29, 1.82) is 0 Å². The molecule has 1 aliphatic rings. The standard InChI is InChI=1S/C46H30FNO/c47-38-21-12-32(13-22-38)34-16-25-40(26-17-34)48(39-23-14-33(15-24-39)31-6-2-1-3-7-31)41-27-18-35(19-28-41)37-20-29-42-43-10-4-8-36-9-5-11-44(46(36)43)49-45(42)30-37/h1-30H. The van der Waals surface area contributed by atoms with Crippen molar-refractivity contribution in [3.63, 3.8) is 0 Å². The second-order valence-electron chi connectivity index (χ2n) is 12.3. The molecular weight excluding hydrogens is 602 g/mol. The summed E-state index contributed by atoms with van der Waals surface area (Å²) >= 11 is 0. The van der Waals surface area contributed by atoms with E-state index < -0.39 is 0 Å². The molecule has 0 saturated heterocycles. The highest BCUT2D eigenvalue weighted by Gasteiger charge is 2.20. The predicted molar refractivity (Wildman–Crippen MR) is 200 cm³/mol. The Morgan fingerprint density at radius 3 is 1.45 bits per heavy atom. The molecule has 0 spiro atoms. The molecule has 1 heterocycles. The summed E-state index contributed by atoms with van der Waals surface area (Å²) in [6.07, 6.45) is 0. The first kappa shape index (κ1) is 28.7. The van der Waals surface area contributed by atoms with E-state index in [0.29, 0.717) is 0 Å². The molecule has 0 aromatic heterocycles. The Balaban J connectivity index is 1.07.